The van der Waals surface area contributed by atoms with Gasteiger partial charge in [0.05, 0.1) is 12.6 Å². The number of hydrogen-bond donors (Lipinski definition) is 2. The lowest BCUT2D eigenvalue weighted by Crippen LogP contribution is -2.62. The van der Waals surface area contributed by atoms with E-state index in [9.17, 15) is 24.3 Å². The minimum atomic E-state index is -1.13. The van der Waals surface area contributed by atoms with Gasteiger partial charge in [0.15, 0.2) is 6.04 Å². The zero-order valence-corrected chi connectivity index (χ0v) is 16.8. The number of ether oxygens (including phenoxy) is 1. The molecular weight excluding hydrogens is 366 g/mol. The van der Waals surface area contributed by atoms with Crippen LogP contribution in [0, 0.1) is 5.92 Å². The van der Waals surface area contributed by atoms with Crippen LogP contribution in [0.15, 0.2) is 0 Å². The van der Waals surface area contributed by atoms with E-state index in [1.54, 1.807) is 6.92 Å². The van der Waals surface area contributed by atoms with Crippen LogP contribution in [0.5, 0.6) is 0 Å². The summed E-state index contributed by atoms with van der Waals surface area (Å²) in [6.45, 7) is 6.37. The lowest BCUT2D eigenvalue weighted by molar-refractivity contribution is -0.181. The largest absolute Gasteiger partial charge is 0.480 e. The molecule has 9 nitrogen and oxygen atoms in total. The summed E-state index contributed by atoms with van der Waals surface area (Å²) in [4.78, 5) is 49.6. The van der Waals surface area contributed by atoms with E-state index in [0.717, 1.165) is 11.4 Å². The minimum absolute atomic E-state index is 0.117. The number of carbonyl (C=O) groups excluding carboxylic acids is 3. The van der Waals surface area contributed by atoms with Crippen LogP contribution in [-0.2, 0) is 23.9 Å². The summed E-state index contributed by atoms with van der Waals surface area (Å²) in [7, 11) is 0. The summed E-state index contributed by atoms with van der Waals surface area (Å²) in [5.74, 6) is -1.93. The third-order valence-electron chi connectivity index (χ3n) is 5.15. The number of aliphatic carboxylic acids is 1. The second-order valence-corrected chi connectivity index (χ2v) is 7.73. The molecule has 2 fully saturated rings. The number of esters is 1. The molecule has 0 bridgehead atoms. The van der Waals surface area contributed by atoms with Crippen LogP contribution in [0.1, 0.15) is 59.3 Å². The quantitative estimate of drug-likeness (QED) is 0.585. The van der Waals surface area contributed by atoms with Crippen molar-refractivity contribution >= 4 is 23.8 Å². The van der Waals surface area contributed by atoms with E-state index >= 15 is 0 Å². The fourth-order valence-electron chi connectivity index (χ4n) is 3.67. The topological polar surface area (TPSA) is 116 Å². The lowest BCUT2D eigenvalue weighted by Gasteiger charge is -2.42. The molecule has 2 amide bonds. The molecule has 3 atom stereocenters. The number of hydrogen-bond acceptors (Lipinski definition) is 6. The molecule has 0 aromatic carbocycles. The van der Waals surface area contributed by atoms with Gasteiger partial charge in [-0.3, -0.25) is 24.7 Å². The number of rotatable bonds is 8. The number of hydrazine groups is 1. The Morgan fingerprint density at radius 1 is 1.25 bits per heavy atom. The molecule has 2 saturated heterocycles. The molecule has 0 spiro atoms. The first-order chi connectivity index (χ1) is 13.3. The molecule has 0 radical (unpaired) electrons. The fraction of sp³-hybridized carbons (Fsp3) is 0.789. The van der Waals surface area contributed by atoms with Gasteiger partial charge in [-0.1, -0.05) is 13.8 Å². The van der Waals surface area contributed by atoms with Gasteiger partial charge >= 0.3 is 11.9 Å². The number of carboxylic acid groups (broad SMARTS) is 1. The van der Waals surface area contributed by atoms with Gasteiger partial charge in [-0.25, -0.2) is 9.80 Å². The van der Waals surface area contributed by atoms with Crippen molar-refractivity contribution < 1.29 is 29.0 Å². The standard InChI is InChI=1S/C19H31N3O6/c1-4-28-19(27)14(8-7-12(2)3)20-13-9-10-16(23)21-11-5-6-15(18(25)26)22(21)17(13)24/h12-15,20H,4-11H2,1-3H3,(H,25,26)/t13-,14+,15-/m0/s1. The van der Waals surface area contributed by atoms with Gasteiger partial charge in [-0.15, -0.1) is 0 Å². The first-order valence-corrected chi connectivity index (χ1v) is 10.0. The van der Waals surface area contributed by atoms with Crippen LogP contribution in [-0.4, -0.2) is 70.2 Å². The van der Waals surface area contributed by atoms with Crippen LogP contribution in [0.2, 0.25) is 0 Å². The third kappa shape index (κ3) is 5.21. The molecule has 0 saturated carbocycles. The third-order valence-corrected chi connectivity index (χ3v) is 5.15. The summed E-state index contributed by atoms with van der Waals surface area (Å²) in [6.07, 6.45) is 2.43. The van der Waals surface area contributed by atoms with Gasteiger partial charge in [0, 0.05) is 13.0 Å². The molecule has 28 heavy (non-hydrogen) atoms. The van der Waals surface area contributed by atoms with Crippen molar-refractivity contribution in [2.45, 2.75) is 77.4 Å². The second-order valence-electron chi connectivity index (χ2n) is 7.73. The monoisotopic (exact) mass is 397 g/mol. The van der Waals surface area contributed by atoms with E-state index in [4.69, 9.17) is 4.74 Å². The molecule has 0 unspecified atom stereocenters. The first kappa shape index (κ1) is 22.1. The molecule has 0 aromatic heterocycles. The predicted octanol–water partition coefficient (Wildman–Crippen LogP) is 0.926. The number of carbonyl (C=O) groups is 4. The summed E-state index contributed by atoms with van der Waals surface area (Å²) in [6, 6.07) is -2.55. The van der Waals surface area contributed by atoms with Crippen molar-refractivity contribution in [1.82, 2.24) is 15.3 Å². The highest BCUT2D eigenvalue weighted by Crippen LogP contribution is 2.25. The molecule has 2 N–H and O–H groups in total. The molecule has 2 aliphatic rings. The molecule has 9 heteroatoms. The maximum atomic E-state index is 13.1. The molecule has 2 heterocycles. The van der Waals surface area contributed by atoms with Crippen molar-refractivity contribution in [2.75, 3.05) is 13.2 Å². The lowest BCUT2D eigenvalue weighted by atomic mass is 10.0. The van der Waals surface area contributed by atoms with E-state index in [2.05, 4.69) is 5.32 Å². The van der Waals surface area contributed by atoms with E-state index in [1.807, 2.05) is 13.8 Å². The van der Waals surface area contributed by atoms with Gasteiger partial charge in [-0.2, -0.15) is 0 Å². The predicted molar refractivity (Wildman–Crippen MR) is 99.9 cm³/mol. The van der Waals surface area contributed by atoms with E-state index < -0.39 is 36.0 Å². The van der Waals surface area contributed by atoms with Gasteiger partial charge in [0.25, 0.3) is 5.91 Å². The summed E-state index contributed by atoms with van der Waals surface area (Å²) < 4.78 is 5.13. The highest BCUT2D eigenvalue weighted by Gasteiger charge is 2.45. The number of fused-ring (bicyclic) bond motifs is 1. The molecule has 0 aliphatic carbocycles. The van der Waals surface area contributed by atoms with Gasteiger partial charge in [0.2, 0.25) is 5.91 Å². The van der Waals surface area contributed by atoms with E-state index in [1.165, 1.54) is 5.01 Å². The summed E-state index contributed by atoms with van der Waals surface area (Å²) in [5, 5.41) is 14.9. The van der Waals surface area contributed by atoms with Gasteiger partial charge < -0.3 is 9.84 Å². The first-order valence-electron chi connectivity index (χ1n) is 10.0. The Kier molecular flexibility index (Phi) is 7.79. The summed E-state index contributed by atoms with van der Waals surface area (Å²) >= 11 is 0. The van der Waals surface area contributed by atoms with Crippen LogP contribution in [0.4, 0.5) is 0 Å². The average Bonchev–Trinajstić information content (AvgIpc) is 2.76. The van der Waals surface area contributed by atoms with Crippen molar-refractivity contribution in [2.24, 2.45) is 5.92 Å². The van der Waals surface area contributed by atoms with Crippen molar-refractivity contribution in [3.63, 3.8) is 0 Å². The van der Waals surface area contributed by atoms with Crippen LogP contribution >= 0.6 is 0 Å². The summed E-state index contributed by atoms with van der Waals surface area (Å²) in [5.41, 5.74) is 0. The number of carboxylic acids is 1. The number of nitrogens with one attached hydrogen (secondary N) is 1. The minimum Gasteiger partial charge on any atom is -0.480 e. The zero-order chi connectivity index (χ0) is 20.8. The highest BCUT2D eigenvalue weighted by atomic mass is 16.5. The van der Waals surface area contributed by atoms with Gasteiger partial charge in [-0.05, 0) is 44.9 Å². The van der Waals surface area contributed by atoms with Crippen molar-refractivity contribution in [1.29, 1.82) is 0 Å². The Morgan fingerprint density at radius 2 is 1.96 bits per heavy atom. The Hall–Kier alpha value is -2.16. The van der Waals surface area contributed by atoms with E-state index in [0.29, 0.717) is 31.7 Å². The number of nitrogens with zero attached hydrogens (tertiary/aromatic N) is 2. The fourth-order valence-corrected chi connectivity index (χ4v) is 3.67. The number of amides is 2. The Morgan fingerprint density at radius 3 is 2.57 bits per heavy atom. The van der Waals surface area contributed by atoms with Crippen LogP contribution in [0.25, 0.3) is 0 Å². The normalized spacial score (nSPS) is 24.0. The van der Waals surface area contributed by atoms with Crippen molar-refractivity contribution in [3.05, 3.63) is 0 Å². The Labute approximate surface area is 165 Å². The van der Waals surface area contributed by atoms with Crippen molar-refractivity contribution in [3.8, 4) is 0 Å². The maximum absolute atomic E-state index is 13.1. The molecule has 2 aliphatic heterocycles. The molecule has 2 rings (SSSR count). The average molecular weight is 397 g/mol. The van der Waals surface area contributed by atoms with Crippen LogP contribution in [0.3, 0.4) is 0 Å². The van der Waals surface area contributed by atoms with Crippen LogP contribution < -0.4 is 5.32 Å². The smallest absolute Gasteiger partial charge is 0.328 e. The Balaban J connectivity index is 2.22. The molecular formula is C19H31N3O6. The van der Waals surface area contributed by atoms with E-state index in [-0.39, 0.29) is 25.4 Å². The Bertz CT molecular complexity index is 608. The zero-order valence-electron chi connectivity index (χ0n) is 16.8. The SMILES string of the molecule is CCOC(=O)[C@@H](CCC(C)C)N[C@H]1CCC(=O)N2CCC[C@@H](C(=O)O)N2C1=O. The second kappa shape index (κ2) is 9.86. The highest BCUT2D eigenvalue weighted by molar-refractivity contribution is 5.92. The maximum Gasteiger partial charge on any atom is 0.328 e. The molecule has 158 valence electrons. The molecule has 0 aromatic rings. The van der Waals surface area contributed by atoms with Gasteiger partial charge in [0.1, 0.15) is 6.04 Å².